The van der Waals surface area contributed by atoms with Crippen molar-refractivity contribution in [2.24, 2.45) is 0 Å². The molecule has 0 aromatic heterocycles. The zero-order valence-corrected chi connectivity index (χ0v) is 18.1. The number of carbonyl (C=O) groups is 1. The van der Waals surface area contributed by atoms with Crippen LogP contribution in [0.4, 0.5) is 11.4 Å². The standard InChI is InChI=1S/C22H28N4O3S/c1-24-12-14-25(15-13-24)21-6-3-2-5-19(21)17-23-22(27)18-7-9-20(10-8-18)26-11-4-16-30(26,28)29/h2-3,5-10H,4,11-17H2,1H3,(H,23,27). The maximum atomic E-state index is 12.6. The van der Waals surface area contributed by atoms with E-state index < -0.39 is 10.0 Å². The van der Waals surface area contributed by atoms with Crippen molar-refractivity contribution >= 4 is 27.3 Å². The Hall–Kier alpha value is -2.58. The first-order chi connectivity index (χ1) is 14.4. The number of rotatable bonds is 5. The lowest BCUT2D eigenvalue weighted by Crippen LogP contribution is -2.45. The Labute approximate surface area is 178 Å². The molecule has 30 heavy (non-hydrogen) atoms. The van der Waals surface area contributed by atoms with Gasteiger partial charge in [-0.05, 0) is 49.4 Å². The Kier molecular flexibility index (Phi) is 5.97. The summed E-state index contributed by atoms with van der Waals surface area (Å²) >= 11 is 0. The molecule has 2 heterocycles. The highest BCUT2D eigenvalue weighted by molar-refractivity contribution is 7.93. The molecule has 8 heteroatoms. The highest BCUT2D eigenvalue weighted by Crippen LogP contribution is 2.25. The van der Waals surface area contributed by atoms with Gasteiger partial charge < -0.3 is 15.1 Å². The number of benzene rings is 2. The van der Waals surface area contributed by atoms with Crippen LogP contribution >= 0.6 is 0 Å². The zero-order chi connectivity index (χ0) is 21.1. The molecule has 2 fully saturated rings. The molecule has 2 aliphatic heterocycles. The molecule has 1 N–H and O–H groups in total. The summed E-state index contributed by atoms with van der Waals surface area (Å²) in [6.45, 7) is 4.95. The van der Waals surface area contributed by atoms with E-state index in [9.17, 15) is 13.2 Å². The molecule has 0 unspecified atom stereocenters. The van der Waals surface area contributed by atoms with Crippen LogP contribution in [0.25, 0.3) is 0 Å². The lowest BCUT2D eigenvalue weighted by Gasteiger charge is -2.35. The average Bonchev–Trinajstić information content (AvgIpc) is 3.12. The van der Waals surface area contributed by atoms with Gasteiger partial charge in [0.1, 0.15) is 0 Å². The van der Waals surface area contributed by atoms with Crippen LogP contribution in [-0.2, 0) is 16.6 Å². The van der Waals surface area contributed by atoms with Crippen molar-refractivity contribution in [2.75, 3.05) is 54.7 Å². The van der Waals surface area contributed by atoms with E-state index in [1.807, 2.05) is 12.1 Å². The van der Waals surface area contributed by atoms with Crippen molar-refractivity contribution in [1.29, 1.82) is 0 Å². The van der Waals surface area contributed by atoms with Crippen LogP contribution < -0.4 is 14.5 Å². The summed E-state index contributed by atoms with van der Waals surface area (Å²) in [5.74, 6) is 0.0149. The first kappa shape index (κ1) is 20.7. The van der Waals surface area contributed by atoms with Gasteiger partial charge in [0.25, 0.3) is 5.91 Å². The fourth-order valence-electron chi connectivity index (χ4n) is 4.00. The van der Waals surface area contributed by atoms with Gasteiger partial charge in [-0.1, -0.05) is 18.2 Å². The Morgan fingerprint density at radius 1 is 0.967 bits per heavy atom. The summed E-state index contributed by atoms with van der Waals surface area (Å²) in [4.78, 5) is 17.3. The summed E-state index contributed by atoms with van der Waals surface area (Å²) in [5, 5.41) is 3.00. The minimum atomic E-state index is -3.21. The van der Waals surface area contributed by atoms with Crippen molar-refractivity contribution in [1.82, 2.24) is 10.2 Å². The van der Waals surface area contributed by atoms with Gasteiger partial charge in [0.05, 0.1) is 11.4 Å². The number of carbonyl (C=O) groups excluding carboxylic acids is 1. The molecule has 0 aliphatic carbocycles. The number of nitrogens with zero attached hydrogens (tertiary/aromatic N) is 3. The number of anilines is 2. The molecule has 0 saturated carbocycles. The third-order valence-electron chi connectivity index (χ3n) is 5.79. The number of piperazine rings is 1. The number of likely N-dealkylation sites (N-methyl/N-ethyl adjacent to an activating group) is 1. The normalized spacial score (nSPS) is 19.1. The second-order valence-electron chi connectivity index (χ2n) is 7.89. The van der Waals surface area contributed by atoms with E-state index in [0.29, 0.717) is 30.8 Å². The van der Waals surface area contributed by atoms with Crippen molar-refractivity contribution in [3.63, 3.8) is 0 Å². The highest BCUT2D eigenvalue weighted by Gasteiger charge is 2.28. The molecule has 2 saturated heterocycles. The van der Waals surface area contributed by atoms with Crippen molar-refractivity contribution in [3.8, 4) is 0 Å². The lowest BCUT2D eigenvalue weighted by molar-refractivity contribution is 0.0951. The maximum absolute atomic E-state index is 12.6. The molecule has 4 rings (SSSR count). The molecule has 0 spiro atoms. The number of amides is 1. The third-order valence-corrected chi connectivity index (χ3v) is 7.66. The Morgan fingerprint density at radius 3 is 2.33 bits per heavy atom. The van der Waals surface area contributed by atoms with E-state index in [4.69, 9.17) is 0 Å². The predicted molar refractivity (Wildman–Crippen MR) is 120 cm³/mol. The van der Waals surface area contributed by atoms with Gasteiger partial charge in [0.2, 0.25) is 10.0 Å². The molecule has 2 aliphatic rings. The van der Waals surface area contributed by atoms with Gasteiger partial charge in [-0.2, -0.15) is 0 Å². The zero-order valence-electron chi connectivity index (χ0n) is 17.3. The second kappa shape index (κ2) is 8.65. The number of para-hydroxylation sites is 1. The van der Waals surface area contributed by atoms with E-state index in [2.05, 4.69) is 34.3 Å². The van der Waals surface area contributed by atoms with Crippen molar-refractivity contribution < 1.29 is 13.2 Å². The smallest absolute Gasteiger partial charge is 0.251 e. The van der Waals surface area contributed by atoms with Crippen LogP contribution in [0.5, 0.6) is 0 Å². The van der Waals surface area contributed by atoms with Crippen LogP contribution in [0.15, 0.2) is 48.5 Å². The monoisotopic (exact) mass is 428 g/mol. The highest BCUT2D eigenvalue weighted by atomic mass is 32.2. The Bertz CT molecular complexity index is 999. The maximum Gasteiger partial charge on any atom is 0.251 e. The number of nitrogens with one attached hydrogen (secondary N) is 1. The van der Waals surface area contributed by atoms with E-state index in [-0.39, 0.29) is 11.7 Å². The van der Waals surface area contributed by atoms with Gasteiger partial charge in [0.15, 0.2) is 0 Å². The van der Waals surface area contributed by atoms with Gasteiger partial charge >= 0.3 is 0 Å². The van der Waals surface area contributed by atoms with E-state index >= 15 is 0 Å². The van der Waals surface area contributed by atoms with E-state index in [0.717, 1.165) is 31.7 Å². The summed E-state index contributed by atoms with van der Waals surface area (Å²) < 4.78 is 25.5. The molecule has 0 atom stereocenters. The molecule has 0 radical (unpaired) electrons. The molecule has 2 aromatic rings. The first-order valence-corrected chi connectivity index (χ1v) is 11.9. The van der Waals surface area contributed by atoms with Gasteiger partial charge in [-0.25, -0.2) is 8.42 Å². The summed E-state index contributed by atoms with van der Waals surface area (Å²) in [6.07, 6.45) is 0.636. The molecule has 2 aromatic carbocycles. The summed E-state index contributed by atoms with van der Waals surface area (Å²) in [7, 11) is -1.08. The van der Waals surface area contributed by atoms with Crippen molar-refractivity contribution in [2.45, 2.75) is 13.0 Å². The second-order valence-corrected chi connectivity index (χ2v) is 9.90. The van der Waals surface area contributed by atoms with Crippen molar-refractivity contribution in [3.05, 3.63) is 59.7 Å². The Balaban J connectivity index is 1.41. The molecule has 160 valence electrons. The molecular formula is C22H28N4O3S. The van der Waals surface area contributed by atoms with Crippen LogP contribution in [0.1, 0.15) is 22.3 Å². The number of hydrogen-bond donors (Lipinski definition) is 1. The van der Waals surface area contributed by atoms with Crippen LogP contribution in [-0.4, -0.2) is 64.7 Å². The lowest BCUT2D eigenvalue weighted by atomic mass is 10.1. The van der Waals surface area contributed by atoms with Gasteiger partial charge in [0, 0.05) is 50.5 Å². The fraction of sp³-hybridized carbons (Fsp3) is 0.409. The minimum absolute atomic E-state index is 0.168. The quantitative estimate of drug-likeness (QED) is 0.788. The SMILES string of the molecule is CN1CCN(c2ccccc2CNC(=O)c2ccc(N3CCCS3(=O)=O)cc2)CC1. The topological polar surface area (TPSA) is 73.0 Å². The third kappa shape index (κ3) is 4.44. The van der Waals surface area contributed by atoms with Crippen LogP contribution in [0.2, 0.25) is 0 Å². The molecular weight excluding hydrogens is 400 g/mol. The number of hydrogen-bond acceptors (Lipinski definition) is 5. The van der Waals surface area contributed by atoms with E-state index in [1.54, 1.807) is 24.3 Å². The average molecular weight is 429 g/mol. The first-order valence-electron chi connectivity index (χ1n) is 10.3. The van der Waals surface area contributed by atoms with Crippen LogP contribution in [0, 0.1) is 0 Å². The predicted octanol–water partition coefficient (Wildman–Crippen LogP) is 1.91. The van der Waals surface area contributed by atoms with E-state index in [1.165, 1.54) is 9.99 Å². The largest absolute Gasteiger partial charge is 0.369 e. The molecule has 7 nitrogen and oxygen atoms in total. The van der Waals surface area contributed by atoms with Crippen LogP contribution in [0.3, 0.4) is 0 Å². The van der Waals surface area contributed by atoms with Gasteiger partial charge in [-0.3, -0.25) is 9.10 Å². The van der Waals surface area contributed by atoms with Gasteiger partial charge in [-0.15, -0.1) is 0 Å². The number of sulfonamides is 1. The minimum Gasteiger partial charge on any atom is -0.369 e. The Morgan fingerprint density at radius 2 is 1.67 bits per heavy atom. The fourth-order valence-corrected chi connectivity index (χ4v) is 5.57. The molecule has 0 bridgehead atoms. The summed E-state index contributed by atoms with van der Waals surface area (Å²) in [6, 6.07) is 15.0. The summed E-state index contributed by atoms with van der Waals surface area (Å²) in [5.41, 5.74) is 3.40. The molecule has 1 amide bonds.